The first-order valence-electron chi connectivity index (χ1n) is 14.3. The smallest absolute Gasteiger partial charge is 0.278 e. The van der Waals surface area contributed by atoms with Crippen molar-refractivity contribution in [2.45, 2.75) is 31.9 Å². The summed E-state index contributed by atoms with van der Waals surface area (Å²) in [5, 5.41) is 3.73. The van der Waals surface area contributed by atoms with Crippen molar-refractivity contribution in [3.63, 3.8) is 0 Å². The fourth-order valence-electron chi connectivity index (χ4n) is 5.76. The Bertz CT molecular complexity index is 1660. The van der Waals surface area contributed by atoms with Gasteiger partial charge in [0.15, 0.2) is 23.0 Å². The molecule has 1 saturated carbocycles. The summed E-state index contributed by atoms with van der Waals surface area (Å²) in [6.45, 7) is 12.1. The number of ether oxygens (including phenoxy) is 1. The SMILES string of the molecule is C=CCn1c(=O)c2cnc(Nc3ccc(N4CCN(C)CC4)cc3)nc2n1-c1ccc2c(n1)N(CC)CC1(CC1)O2. The molecule has 0 radical (unpaired) electrons. The lowest BCUT2D eigenvalue weighted by Crippen LogP contribution is -2.44. The van der Waals surface area contributed by atoms with E-state index in [0.29, 0.717) is 29.3 Å². The van der Waals surface area contributed by atoms with Crippen molar-refractivity contribution in [1.82, 2.24) is 29.2 Å². The molecular weight excluding hydrogens is 518 g/mol. The van der Waals surface area contributed by atoms with Crippen molar-refractivity contribution in [2.24, 2.45) is 0 Å². The lowest BCUT2D eigenvalue weighted by atomic mass is 10.2. The fourth-order valence-corrected chi connectivity index (χ4v) is 5.76. The molecule has 0 bridgehead atoms. The predicted molar refractivity (Wildman–Crippen MR) is 161 cm³/mol. The quantitative estimate of drug-likeness (QED) is 0.346. The Labute approximate surface area is 238 Å². The third kappa shape index (κ3) is 4.59. The minimum Gasteiger partial charge on any atom is -0.482 e. The first-order chi connectivity index (χ1) is 20.0. The van der Waals surface area contributed by atoms with Gasteiger partial charge in [-0.2, -0.15) is 4.98 Å². The number of allylic oxidation sites excluding steroid dienone is 1. The van der Waals surface area contributed by atoms with E-state index >= 15 is 0 Å². The van der Waals surface area contributed by atoms with Gasteiger partial charge in [-0.05, 0) is 63.2 Å². The van der Waals surface area contributed by atoms with Gasteiger partial charge in [-0.3, -0.25) is 4.79 Å². The van der Waals surface area contributed by atoms with Gasteiger partial charge in [-0.1, -0.05) is 6.08 Å². The summed E-state index contributed by atoms with van der Waals surface area (Å²) < 4.78 is 9.68. The van der Waals surface area contributed by atoms with Crippen LogP contribution in [0.1, 0.15) is 19.8 Å². The molecule has 0 unspecified atom stereocenters. The van der Waals surface area contributed by atoms with E-state index in [-0.39, 0.29) is 11.2 Å². The van der Waals surface area contributed by atoms with Crippen LogP contribution in [0.4, 0.5) is 23.1 Å². The summed E-state index contributed by atoms with van der Waals surface area (Å²) in [7, 11) is 2.16. The Balaban J connectivity index is 1.23. The predicted octanol–water partition coefficient (Wildman–Crippen LogP) is 3.41. The van der Waals surface area contributed by atoms with E-state index in [9.17, 15) is 4.79 Å². The third-order valence-corrected chi connectivity index (χ3v) is 8.31. The highest BCUT2D eigenvalue weighted by atomic mass is 16.5. The average molecular weight is 554 g/mol. The molecule has 11 heteroatoms. The minimum atomic E-state index is -0.192. The molecule has 2 fully saturated rings. The van der Waals surface area contributed by atoms with Crippen LogP contribution < -0.4 is 25.4 Å². The second-order valence-electron chi connectivity index (χ2n) is 11.2. The Kier molecular flexibility index (Phi) is 6.19. The fraction of sp³-hybridized carbons (Fsp3) is 0.400. The van der Waals surface area contributed by atoms with Crippen LogP contribution in [0.25, 0.3) is 16.9 Å². The van der Waals surface area contributed by atoms with E-state index in [0.717, 1.165) is 69.4 Å². The Morgan fingerprint density at radius 2 is 1.85 bits per heavy atom. The molecule has 1 aliphatic carbocycles. The molecule has 11 nitrogen and oxygen atoms in total. The van der Waals surface area contributed by atoms with Gasteiger partial charge in [-0.15, -0.1) is 6.58 Å². The number of hydrogen-bond acceptors (Lipinski definition) is 9. The minimum absolute atomic E-state index is 0.0756. The van der Waals surface area contributed by atoms with E-state index in [1.165, 1.54) is 5.69 Å². The highest BCUT2D eigenvalue weighted by Crippen LogP contribution is 2.47. The maximum atomic E-state index is 13.4. The van der Waals surface area contributed by atoms with Crippen molar-refractivity contribution in [2.75, 3.05) is 61.4 Å². The largest absolute Gasteiger partial charge is 0.482 e. The number of nitrogens with zero attached hydrogens (tertiary/aromatic N) is 8. The van der Waals surface area contributed by atoms with E-state index < -0.39 is 0 Å². The van der Waals surface area contributed by atoms with Crippen LogP contribution in [-0.4, -0.2) is 81.1 Å². The molecule has 1 aromatic carbocycles. The normalized spacial score (nSPS) is 17.9. The van der Waals surface area contributed by atoms with Gasteiger partial charge >= 0.3 is 0 Å². The Morgan fingerprint density at radius 3 is 2.56 bits per heavy atom. The first-order valence-corrected chi connectivity index (χ1v) is 14.3. The van der Waals surface area contributed by atoms with Crippen molar-refractivity contribution in [3.05, 3.63) is 65.6 Å². The highest BCUT2D eigenvalue weighted by molar-refractivity contribution is 5.77. The molecule has 3 aromatic heterocycles. The van der Waals surface area contributed by atoms with Gasteiger partial charge in [-0.25, -0.2) is 19.3 Å². The number of anilines is 4. The molecule has 7 rings (SSSR count). The highest BCUT2D eigenvalue weighted by Gasteiger charge is 2.50. The molecule has 4 aromatic rings. The van der Waals surface area contributed by atoms with Crippen LogP contribution in [0.5, 0.6) is 5.75 Å². The summed E-state index contributed by atoms with van der Waals surface area (Å²) >= 11 is 0. The number of likely N-dealkylation sites (N-methyl/N-ethyl adjacent to an activating group) is 2. The summed E-state index contributed by atoms with van der Waals surface area (Å²) in [5.41, 5.74) is 2.29. The number of fused-ring (bicyclic) bond motifs is 2. The van der Waals surface area contributed by atoms with Crippen molar-refractivity contribution >= 4 is 34.2 Å². The second kappa shape index (κ2) is 9.91. The van der Waals surface area contributed by atoms with Gasteiger partial charge in [0.2, 0.25) is 5.95 Å². The molecular formula is C30H35N9O2. The van der Waals surface area contributed by atoms with Crippen LogP contribution in [0.15, 0.2) is 60.0 Å². The summed E-state index contributed by atoms with van der Waals surface area (Å²) in [6.07, 6.45) is 5.41. The zero-order chi connectivity index (χ0) is 28.1. The second-order valence-corrected chi connectivity index (χ2v) is 11.2. The summed E-state index contributed by atoms with van der Waals surface area (Å²) in [4.78, 5) is 34.7. The van der Waals surface area contributed by atoms with E-state index in [2.05, 4.69) is 57.7 Å². The standard InChI is InChI=1S/C30H35N9O2/c1-4-14-38-28(40)23-19-31-29(32-21-6-8-22(9-7-21)37-17-15-35(3)16-18-37)34-26(23)39(38)25-11-10-24-27(33-25)36(5-2)20-30(41-24)12-13-30/h4,6-11,19H,1,5,12-18,20H2,2-3H3,(H,31,32,34). The zero-order valence-electron chi connectivity index (χ0n) is 23.6. The third-order valence-electron chi connectivity index (χ3n) is 8.31. The number of hydrogen-bond donors (Lipinski definition) is 1. The number of benzene rings is 1. The molecule has 1 spiro atoms. The van der Waals surface area contributed by atoms with Crippen LogP contribution in [-0.2, 0) is 6.54 Å². The molecule has 2 aliphatic heterocycles. The Hall–Kier alpha value is -4.38. The van der Waals surface area contributed by atoms with Gasteiger partial charge in [0, 0.05) is 50.3 Å². The molecule has 1 N–H and O–H groups in total. The number of aromatic nitrogens is 5. The molecule has 0 atom stereocenters. The van der Waals surface area contributed by atoms with Gasteiger partial charge in [0.25, 0.3) is 5.56 Å². The van der Waals surface area contributed by atoms with Crippen LogP contribution >= 0.6 is 0 Å². The van der Waals surface area contributed by atoms with Gasteiger partial charge < -0.3 is 24.8 Å². The van der Waals surface area contributed by atoms with E-state index in [4.69, 9.17) is 14.7 Å². The van der Waals surface area contributed by atoms with Crippen LogP contribution in [0.3, 0.4) is 0 Å². The maximum Gasteiger partial charge on any atom is 0.278 e. The van der Waals surface area contributed by atoms with Crippen molar-refractivity contribution in [1.29, 1.82) is 0 Å². The summed E-state index contributed by atoms with van der Waals surface area (Å²) in [5.74, 6) is 2.56. The molecule has 1 saturated heterocycles. The Morgan fingerprint density at radius 1 is 1.07 bits per heavy atom. The van der Waals surface area contributed by atoms with Gasteiger partial charge in [0.05, 0.1) is 13.1 Å². The first kappa shape index (κ1) is 25.6. The maximum absolute atomic E-state index is 13.4. The van der Waals surface area contributed by atoms with Crippen LogP contribution in [0.2, 0.25) is 0 Å². The van der Waals surface area contributed by atoms with Gasteiger partial charge in [0.1, 0.15) is 11.0 Å². The molecule has 41 heavy (non-hydrogen) atoms. The monoisotopic (exact) mass is 553 g/mol. The topological polar surface area (TPSA) is 96.6 Å². The molecule has 3 aliphatic rings. The van der Waals surface area contributed by atoms with E-state index in [1.54, 1.807) is 21.6 Å². The number of piperazine rings is 1. The van der Waals surface area contributed by atoms with E-state index in [1.807, 2.05) is 24.3 Å². The van der Waals surface area contributed by atoms with Crippen LogP contribution in [0, 0.1) is 0 Å². The molecule has 0 amide bonds. The zero-order valence-corrected chi connectivity index (χ0v) is 23.6. The lowest BCUT2D eigenvalue weighted by molar-refractivity contribution is 0.170. The van der Waals surface area contributed by atoms with Crippen molar-refractivity contribution in [3.8, 4) is 11.6 Å². The number of nitrogens with one attached hydrogen (secondary N) is 1. The summed E-state index contributed by atoms with van der Waals surface area (Å²) in [6, 6.07) is 12.2. The van der Waals surface area contributed by atoms with Crippen molar-refractivity contribution < 1.29 is 4.74 Å². The average Bonchev–Trinajstić information content (AvgIpc) is 3.68. The number of pyridine rings is 1. The molecule has 5 heterocycles. The lowest BCUT2D eigenvalue weighted by Gasteiger charge is -2.35. The molecule has 212 valence electrons. The number of rotatable bonds is 7.